The third-order valence-electron chi connectivity index (χ3n) is 5.07. The molecule has 0 aliphatic heterocycles. The van der Waals surface area contributed by atoms with E-state index in [-0.39, 0.29) is 28.2 Å². The number of nitrogens with zero attached hydrogens (tertiary/aromatic N) is 2. The van der Waals surface area contributed by atoms with Crippen LogP contribution >= 0.6 is 17.2 Å². The molecule has 2 atom stereocenters. The monoisotopic (exact) mass is 462 g/mol. The molecule has 4 aromatic rings. The molecule has 6 nitrogen and oxygen atoms in total. The Morgan fingerprint density at radius 3 is 2.28 bits per heavy atom. The molecule has 2 N–H and O–H groups in total. The molecule has 0 aliphatic rings. The second-order valence-electron chi connectivity index (χ2n) is 7.75. The lowest BCUT2D eigenvalue weighted by atomic mass is 9.98. The summed E-state index contributed by atoms with van der Waals surface area (Å²) in [7, 11) is 0.112. The Hall–Kier alpha value is -2.94. The molecule has 0 amide bonds. The number of hydrogen-bond acceptors (Lipinski definition) is 4. The Labute approximate surface area is 189 Å². The average Bonchev–Trinajstić information content (AvgIpc) is 3.37. The SMILES string of the molecule is CC(=O)Pc1ncc(/C(C)=C/c2cc3ccc(-c4cnc(PC(C)=O)[nH]4)cc3cc2C)[nH]1. The Balaban J connectivity index is 1.62. The standard InChI is InChI=1S/C24H24N4O2P2/c1-13-7-20-10-18(22-12-26-24(28-22)32-16(4)30)6-5-17(20)9-19(13)8-14(2)21-11-25-23(27-21)31-15(3)29/h5-12,31-32H,1-4H3,(H,25,27)(H,26,28)/b14-8+. The van der Waals surface area contributed by atoms with Gasteiger partial charge in [0.15, 0.2) is 11.0 Å². The summed E-state index contributed by atoms with van der Waals surface area (Å²) in [5, 5.41) is 2.29. The van der Waals surface area contributed by atoms with E-state index in [4.69, 9.17) is 0 Å². The van der Waals surface area contributed by atoms with E-state index in [0.29, 0.717) is 11.1 Å². The molecule has 0 aliphatic carbocycles. The predicted octanol–water partition coefficient (Wildman–Crippen LogP) is 4.52. The molecule has 2 unspecified atom stereocenters. The van der Waals surface area contributed by atoms with Crippen molar-refractivity contribution in [1.29, 1.82) is 0 Å². The van der Waals surface area contributed by atoms with E-state index in [1.807, 2.05) is 6.92 Å². The number of nitrogens with one attached hydrogen (secondary N) is 2. The number of rotatable bonds is 7. The van der Waals surface area contributed by atoms with Crippen molar-refractivity contribution >= 4 is 61.8 Å². The number of imidazole rings is 2. The van der Waals surface area contributed by atoms with Crippen molar-refractivity contribution in [2.45, 2.75) is 27.7 Å². The van der Waals surface area contributed by atoms with Crippen LogP contribution in [0, 0.1) is 6.92 Å². The quantitative estimate of drug-likeness (QED) is 0.395. The number of allylic oxidation sites excluding steroid dienone is 1. The molecule has 4 rings (SSSR count). The first-order valence-electron chi connectivity index (χ1n) is 10.2. The van der Waals surface area contributed by atoms with Crippen LogP contribution in [0.5, 0.6) is 0 Å². The molecule has 162 valence electrons. The molecule has 0 fully saturated rings. The van der Waals surface area contributed by atoms with Crippen molar-refractivity contribution in [3.05, 3.63) is 59.5 Å². The number of carbonyl (C=O) groups excluding carboxylic acids is 2. The fourth-order valence-corrected chi connectivity index (χ4v) is 4.83. The van der Waals surface area contributed by atoms with Crippen LogP contribution in [0.3, 0.4) is 0 Å². The molecule has 0 saturated carbocycles. The van der Waals surface area contributed by atoms with Crippen LogP contribution in [0.15, 0.2) is 42.7 Å². The Bertz CT molecular complexity index is 1370. The summed E-state index contributed by atoms with van der Waals surface area (Å²) in [4.78, 5) is 37.8. The second-order valence-corrected chi connectivity index (χ2v) is 10.6. The third-order valence-corrected chi connectivity index (χ3v) is 6.76. The maximum Gasteiger partial charge on any atom is 0.155 e. The number of fused-ring (bicyclic) bond motifs is 1. The van der Waals surface area contributed by atoms with Gasteiger partial charge < -0.3 is 9.97 Å². The zero-order valence-electron chi connectivity index (χ0n) is 18.3. The van der Waals surface area contributed by atoms with Crippen LogP contribution in [-0.2, 0) is 9.59 Å². The van der Waals surface area contributed by atoms with Gasteiger partial charge >= 0.3 is 0 Å². The van der Waals surface area contributed by atoms with E-state index < -0.39 is 0 Å². The summed E-state index contributed by atoms with van der Waals surface area (Å²) in [6.45, 7) is 7.29. The normalized spacial score (nSPS) is 12.6. The zero-order valence-corrected chi connectivity index (χ0v) is 20.3. The van der Waals surface area contributed by atoms with E-state index >= 15 is 0 Å². The fraction of sp³-hybridized carbons (Fsp3) is 0.167. The summed E-state index contributed by atoms with van der Waals surface area (Å²) < 4.78 is 0. The van der Waals surface area contributed by atoms with Crippen molar-refractivity contribution in [3.63, 3.8) is 0 Å². The van der Waals surface area contributed by atoms with Gasteiger partial charge in [0.25, 0.3) is 0 Å². The van der Waals surface area contributed by atoms with Gasteiger partial charge in [-0.1, -0.05) is 18.2 Å². The number of carbonyl (C=O) groups is 2. The lowest BCUT2D eigenvalue weighted by Crippen LogP contribution is -2.01. The van der Waals surface area contributed by atoms with Gasteiger partial charge in [-0.25, -0.2) is 9.97 Å². The van der Waals surface area contributed by atoms with Gasteiger partial charge in [0.05, 0.1) is 23.8 Å². The van der Waals surface area contributed by atoms with Crippen LogP contribution in [0.25, 0.3) is 33.7 Å². The van der Waals surface area contributed by atoms with Gasteiger partial charge in [0, 0.05) is 22.7 Å². The minimum atomic E-state index is 0.0541. The van der Waals surface area contributed by atoms with Crippen molar-refractivity contribution in [2.24, 2.45) is 0 Å². The topological polar surface area (TPSA) is 91.5 Å². The van der Waals surface area contributed by atoms with Crippen molar-refractivity contribution in [3.8, 4) is 11.3 Å². The van der Waals surface area contributed by atoms with E-state index in [1.54, 1.807) is 26.2 Å². The molecular weight excluding hydrogens is 438 g/mol. The summed E-state index contributed by atoms with van der Waals surface area (Å²) in [5.41, 5.74) is 7.90. The molecule has 2 aromatic carbocycles. The van der Waals surface area contributed by atoms with Gasteiger partial charge in [0.1, 0.15) is 11.1 Å². The third kappa shape index (κ3) is 5.09. The first-order valence-corrected chi connectivity index (χ1v) is 12.2. The van der Waals surface area contributed by atoms with E-state index in [0.717, 1.165) is 38.9 Å². The molecule has 32 heavy (non-hydrogen) atoms. The lowest BCUT2D eigenvalue weighted by molar-refractivity contribution is -0.110. The largest absolute Gasteiger partial charge is 0.338 e. The highest BCUT2D eigenvalue weighted by molar-refractivity contribution is 7.64. The van der Waals surface area contributed by atoms with E-state index in [1.165, 1.54) is 5.56 Å². The maximum absolute atomic E-state index is 11.3. The van der Waals surface area contributed by atoms with Crippen molar-refractivity contribution in [2.75, 3.05) is 0 Å². The highest BCUT2D eigenvalue weighted by Gasteiger charge is 2.09. The van der Waals surface area contributed by atoms with Crippen LogP contribution in [0.2, 0.25) is 0 Å². The molecule has 0 bridgehead atoms. The highest BCUT2D eigenvalue weighted by atomic mass is 31.1. The molecule has 2 heterocycles. The number of aromatic nitrogens is 4. The minimum Gasteiger partial charge on any atom is -0.338 e. The first-order chi connectivity index (χ1) is 15.3. The Morgan fingerprint density at radius 2 is 1.56 bits per heavy atom. The lowest BCUT2D eigenvalue weighted by Gasteiger charge is -2.08. The van der Waals surface area contributed by atoms with Gasteiger partial charge in [-0.3, -0.25) is 9.59 Å². The van der Waals surface area contributed by atoms with Crippen LogP contribution in [0.1, 0.15) is 37.6 Å². The van der Waals surface area contributed by atoms with Crippen molar-refractivity contribution < 1.29 is 9.59 Å². The second kappa shape index (κ2) is 9.28. The molecule has 2 aromatic heterocycles. The van der Waals surface area contributed by atoms with Gasteiger partial charge in [-0.15, -0.1) is 0 Å². The smallest absolute Gasteiger partial charge is 0.155 e. The number of aryl methyl sites for hydroxylation is 1. The van der Waals surface area contributed by atoms with Crippen LogP contribution < -0.4 is 11.1 Å². The molecule has 0 radical (unpaired) electrons. The van der Waals surface area contributed by atoms with Gasteiger partial charge in [-0.05, 0) is 73.4 Å². The van der Waals surface area contributed by atoms with Crippen LogP contribution in [-0.4, -0.2) is 31.0 Å². The molecule has 8 heteroatoms. The summed E-state index contributed by atoms with van der Waals surface area (Å²) in [6.07, 6.45) is 5.71. The summed E-state index contributed by atoms with van der Waals surface area (Å²) in [6, 6.07) is 10.7. The number of H-pyrrole nitrogens is 2. The highest BCUT2D eigenvalue weighted by Crippen LogP contribution is 2.28. The van der Waals surface area contributed by atoms with Crippen LogP contribution in [0.4, 0.5) is 0 Å². The number of aromatic amines is 2. The minimum absolute atomic E-state index is 0.0541. The van der Waals surface area contributed by atoms with Gasteiger partial charge in [0.2, 0.25) is 0 Å². The predicted molar refractivity (Wildman–Crippen MR) is 136 cm³/mol. The maximum atomic E-state index is 11.3. The number of hydrogen-bond donors (Lipinski definition) is 2. The summed E-state index contributed by atoms with van der Waals surface area (Å²) >= 11 is 0. The zero-order chi connectivity index (χ0) is 22.8. The summed E-state index contributed by atoms with van der Waals surface area (Å²) in [5.74, 6) is 0. The van der Waals surface area contributed by atoms with E-state index in [9.17, 15) is 9.59 Å². The molecule has 0 spiro atoms. The Kier molecular flexibility index (Phi) is 6.45. The van der Waals surface area contributed by atoms with Gasteiger partial charge in [-0.2, -0.15) is 0 Å². The number of benzene rings is 2. The average molecular weight is 462 g/mol. The van der Waals surface area contributed by atoms with E-state index in [2.05, 4.69) is 63.3 Å². The Morgan fingerprint density at radius 1 is 0.875 bits per heavy atom. The first kappa shape index (κ1) is 22.3. The van der Waals surface area contributed by atoms with Crippen molar-refractivity contribution in [1.82, 2.24) is 19.9 Å². The molecular formula is C24H24N4O2P2. The fourth-order valence-electron chi connectivity index (χ4n) is 3.51. The molecule has 0 saturated heterocycles.